The molecule has 0 atom stereocenters. The van der Waals surface area contributed by atoms with Crippen molar-refractivity contribution in [1.82, 2.24) is 0 Å². The van der Waals surface area contributed by atoms with Gasteiger partial charge in [0.1, 0.15) is 5.76 Å². The lowest BCUT2D eigenvalue weighted by molar-refractivity contribution is -0.0523. The van der Waals surface area contributed by atoms with Gasteiger partial charge in [-0.25, -0.2) is 0 Å². The minimum Gasteiger partial charge on any atom is -0.413 e. The van der Waals surface area contributed by atoms with E-state index >= 15 is 0 Å². The molecule has 0 amide bonds. The molecular weight excluding hydrogens is 361 g/mol. The smallest absolute Gasteiger partial charge is 0.413 e. The minimum atomic E-state index is -5.65. The van der Waals surface area contributed by atoms with Crippen molar-refractivity contribution in [3.05, 3.63) is 11.3 Å². The van der Waals surface area contributed by atoms with Crippen LogP contribution in [-0.4, -0.2) is 28.9 Å². The van der Waals surface area contributed by atoms with E-state index in [1.807, 2.05) is 26.9 Å². The molecule has 0 N–H and O–H groups in total. The summed E-state index contributed by atoms with van der Waals surface area (Å²) in [5.74, 6) is -0.129. The lowest BCUT2D eigenvalue weighted by Gasteiger charge is -2.37. The summed E-state index contributed by atoms with van der Waals surface area (Å²) in [7, 11) is -7.77. The van der Waals surface area contributed by atoms with Crippen LogP contribution in [0.4, 0.5) is 13.2 Å². The maximum Gasteiger partial charge on any atom is 0.534 e. The Morgan fingerprint density at radius 1 is 1.17 bits per heavy atom. The predicted molar refractivity (Wildman–Crippen MR) is 89.2 cm³/mol. The molecular formula is C15H27F3O4SSi. The van der Waals surface area contributed by atoms with Crippen LogP contribution in [0.2, 0.25) is 18.1 Å². The van der Waals surface area contributed by atoms with Gasteiger partial charge < -0.3 is 8.61 Å². The fourth-order valence-corrected chi connectivity index (χ4v) is 3.60. The molecule has 4 nitrogen and oxygen atoms in total. The van der Waals surface area contributed by atoms with Gasteiger partial charge in [0.05, 0.1) is 6.61 Å². The summed E-state index contributed by atoms with van der Waals surface area (Å²) in [6.07, 6.45) is 0.671. The van der Waals surface area contributed by atoms with Gasteiger partial charge in [0.2, 0.25) is 0 Å². The Bertz CT molecular complexity index is 614. The molecule has 24 heavy (non-hydrogen) atoms. The van der Waals surface area contributed by atoms with Crippen molar-refractivity contribution in [2.24, 2.45) is 5.41 Å². The molecule has 0 saturated heterocycles. The van der Waals surface area contributed by atoms with Crippen LogP contribution in [-0.2, 0) is 18.7 Å². The summed E-state index contributed by atoms with van der Waals surface area (Å²) < 4.78 is 70.9. The zero-order valence-corrected chi connectivity index (χ0v) is 17.1. The molecule has 0 saturated carbocycles. The summed E-state index contributed by atoms with van der Waals surface area (Å²) in [5.41, 5.74) is -5.39. The summed E-state index contributed by atoms with van der Waals surface area (Å²) in [4.78, 5) is 0. The van der Waals surface area contributed by atoms with E-state index in [1.165, 1.54) is 0 Å². The Morgan fingerprint density at radius 2 is 1.67 bits per heavy atom. The molecule has 9 heteroatoms. The minimum absolute atomic E-state index is 0.0601. The van der Waals surface area contributed by atoms with Crippen molar-refractivity contribution in [1.29, 1.82) is 0 Å². The molecule has 0 aliphatic heterocycles. The highest BCUT2D eigenvalue weighted by atomic mass is 32.2. The number of alkyl halides is 3. The largest absolute Gasteiger partial charge is 0.534 e. The third-order valence-corrected chi connectivity index (χ3v) is 10.5. The zero-order chi connectivity index (χ0) is 19.2. The van der Waals surface area contributed by atoms with E-state index in [0.717, 1.165) is 0 Å². The molecule has 1 rings (SSSR count). The molecule has 0 radical (unpaired) electrons. The number of rotatable bonds is 5. The first-order valence-corrected chi connectivity index (χ1v) is 12.1. The van der Waals surface area contributed by atoms with Gasteiger partial charge >= 0.3 is 15.6 Å². The highest BCUT2D eigenvalue weighted by molar-refractivity contribution is 7.87. The van der Waals surface area contributed by atoms with Crippen molar-refractivity contribution in [3.8, 4) is 0 Å². The van der Waals surface area contributed by atoms with E-state index in [2.05, 4.69) is 25.0 Å². The first kappa shape index (κ1) is 21.5. The van der Waals surface area contributed by atoms with Crippen LogP contribution in [0.3, 0.4) is 0 Å². The number of allylic oxidation sites excluding steroid dienone is 1. The second kappa shape index (κ2) is 6.32. The Kier molecular flexibility index (Phi) is 5.66. The van der Waals surface area contributed by atoms with Gasteiger partial charge in [0.15, 0.2) is 8.32 Å². The second-order valence-corrected chi connectivity index (χ2v) is 14.7. The van der Waals surface area contributed by atoms with E-state index in [-0.39, 0.29) is 23.8 Å². The molecule has 0 aromatic carbocycles. The summed E-state index contributed by atoms with van der Waals surface area (Å²) >= 11 is 0. The molecule has 1 aliphatic carbocycles. The molecule has 0 fully saturated rings. The van der Waals surface area contributed by atoms with E-state index in [4.69, 9.17) is 4.43 Å². The molecule has 0 aromatic rings. The SMILES string of the molecule is CC1(C)CCC(OS(=O)(=O)C(F)(F)F)=C1CO[Si](C)(C)C(C)(C)C. The molecule has 0 spiro atoms. The van der Waals surface area contributed by atoms with Crippen molar-refractivity contribution >= 4 is 18.4 Å². The van der Waals surface area contributed by atoms with Gasteiger partial charge in [0, 0.05) is 6.42 Å². The van der Waals surface area contributed by atoms with E-state index in [0.29, 0.717) is 12.0 Å². The van der Waals surface area contributed by atoms with Crippen molar-refractivity contribution in [2.75, 3.05) is 6.61 Å². The third-order valence-electron chi connectivity index (χ3n) is 5.01. The average Bonchev–Trinajstić information content (AvgIpc) is 2.58. The highest BCUT2D eigenvalue weighted by Gasteiger charge is 2.50. The maximum absolute atomic E-state index is 12.6. The molecule has 142 valence electrons. The lowest BCUT2D eigenvalue weighted by atomic mass is 9.86. The zero-order valence-electron chi connectivity index (χ0n) is 15.3. The Balaban J connectivity index is 3.10. The number of hydrogen-bond acceptors (Lipinski definition) is 4. The van der Waals surface area contributed by atoms with Gasteiger partial charge in [-0.1, -0.05) is 34.6 Å². The topological polar surface area (TPSA) is 52.6 Å². The summed E-state index contributed by atoms with van der Waals surface area (Å²) in [5, 5.41) is -0.0601. The predicted octanol–water partition coefficient (Wildman–Crippen LogP) is 4.95. The maximum atomic E-state index is 12.6. The first-order valence-electron chi connectivity index (χ1n) is 7.78. The van der Waals surface area contributed by atoms with Crippen LogP contribution in [0.1, 0.15) is 47.5 Å². The number of halogens is 3. The van der Waals surface area contributed by atoms with Crippen LogP contribution in [0.5, 0.6) is 0 Å². The van der Waals surface area contributed by atoms with Gasteiger partial charge in [-0.2, -0.15) is 21.6 Å². The fourth-order valence-electron chi connectivity index (χ4n) is 2.12. The molecule has 0 unspecified atom stereocenters. The summed E-state index contributed by atoms with van der Waals surface area (Å²) in [6.45, 7) is 14.0. The third kappa shape index (κ3) is 4.54. The lowest BCUT2D eigenvalue weighted by Crippen LogP contribution is -2.41. The molecule has 1 aliphatic rings. The van der Waals surface area contributed by atoms with Gasteiger partial charge in [-0.05, 0) is 35.5 Å². The molecule has 0 bridgehead atoms. The van der Waals surface area contributed by atoms with Crippen molar-refractivity contribution in [3.63, 3.8) is 0 Å². The Morgan fingerprint density at radius 3 is 2.08 bits per heavy atom. The average molecular weight is 389 g/mol. The van der Waals surface area contributed by atoms with Gasteiger partial charge in [0.25, 0.3) is 0 Å². The quantitative estimate of drug-likeness (QED) is 0.380. The van der Waals surface area contributed by atoms with Crippen LogP contribution in [0.25, 0.3) is 0 Å². The van der Waals surface area contributed by atoms with Gasteiger partial charge in [-0.15, -0.1) is 0 Å². The Labute approximate surface area is 143 Å². The highest BCUT2D eigenvalue weighted by Crippen LogP contribution is 2.46. The van der Waals surface area contributed by atoms with Crippen molar-refractivity contribution < 1.29 is 30.2 Å². The van der Waals surface area contributed by atoms with Crippen LogP contribution in [0.15, 0.2) is 11.3 Å². The van der Waals surface area contributed by atoms with Gasteiger partial charge in [-0.3, -0.25) is 0 Å². The molecule has 0 heterocycles. The fraction of sp³-hybridized carbons (Fsp3) is 0.867. The second-order valence-electron chi connectivity index (χ2n) is 8.32. The van der Waals surface area contributed by atoms with E-state index in [1.54, 1.807) is 0 Å². The molecule has 0 aromatic heterocycles. The normalized spacial score (nSPS) is 19.8. The van der Waals surface area contributed by atoms with Crippen LogP contribution < -0.4 is 0 Å². The first-order chi connectivity index (χ1) is 10.4. The van der Waals surface area contributed by atoms with Crippen LogP contribution >= 0.6 is 0 Å². The standard InChI is InChI=1S/C15H27F3O4SSi/c1-13(2,3)24(6,7)21-10-11-12(8-9-14(11,4)5)22-23(19,20)15(16,17)18/h8-10H2,1-7H3. The monoisotopic (exact) mass is 388 g/mol. The van der Waals surface area contributed by atoms with E-state index < -0.39 is 29.4 Å². The number of hydrogen-bond donors (Lipinski definition) is 0. The van der Waals surface area contributed by atoms with Crippen LogP contribution in [0, 0.1) is 5.41 Å². The van der Waals surface area contributed by atoms with E-state index in [9.17, 15) is 21.6 Å². The Hall–Kier alpha value is -0.543. The summed E-state index contributed by atoms with van der Waals surface area (Å²) in [6, 6.07) is 0. The van der Waals surface area contributed by atoms with Crippen molar-refractivity contribution in [2.45, 2.75) is 71.1 Å².